The summed E-state index contributed by atoms with van der Waals surface area (Å²) in [7, 11) is 1.51. The van der Waals surface area contributed by atoms with E-state index in [-0.39, 0.29) is 77.5 Å². The summed E-state index contributed by atoms with van der Waals surface area (Å²) in [4.78, 5) is 68.1. The highest BCUT2D eigenvalue weighted by molar-refractivity contribution is 5.87. The van der Waals surface area contributed by atoms with Crippen molar-refractivity contribution in [1.29, 1.82) is 0 Å². The van der Waals surface area contributed by atoms with Crippen molar-refractivity contribution in [3.05, 3.63) is 132 Å². The number of ether oxygens (including phenoxy) is 5. The van der Waals surface area contributed by atoms with Crippen molar-refractivity contribution >= 4 is 56.5 Å². The molecule has 0 heterocycles. The van der Waals surface area contributed by atoms with E-state index in [0.29, 0.717) is 40.0 Å². The highest BCUT2D eigenvalue weighted by Gasteiger charge is 2.28. The predicted octanol–water partition coefficient (Wildman–Crippen LogP) is 17.0. The van der Waals surface area contributed by atoms with Crippen LogP contribution in [0.15, 0.2) is 84.9 Å². The average Bonchev–Trinajstić information content (AvgIpc) is 3.30. The number of esters is 3. The Balaban J connectivity index is 0.000000563. The van der Waals surface area contributed by atoms with Crippen LogP contribution in [0, 0.1) is 57.9 Å². The minimum Gasteiger partial charge on any atom is -0.493 e. The monoisotopic (exact) mass is 1110 g/mol. The van der Waals surface area contributed by atoms with Gasteiger partial charge in [-0.25, -0.2) is 0 Å². The molecule has 80 heavy (non-hydrogen) atoms. The molecule has 5 rings (SSSR count). The third kappa shape index (κ3) is 27.6. The van der Waals surface area contributed by atoms with Crippen molar-refractivity contribution in [2.75, 3.05) is 13.7 Å². The largest absolute Gasteiger partial charge is 0.493 e. The Hall–Kier alpha value is -7.17. The fraction of sp³-hybridized carbons (Fsp3) is 0.540. The number of methoxy groups -OCH3 is 1. The Kier molecular flexibility index (Phi) is 27.4. The quantitative estimate of drug-likeness (QED) is 0.0312. The summed E-state index contributed by atoms with van der Waals surface area (Å²) in [5.74, 6) is 0.504. The molecular formula is C63H91N3O14. The molecule has 0 radical (unpaired) electrons. The van der Waals surface area contributed by atoms with E-state index >= 15 is 0 Å². The van der Waals surface area contributed by atoms with Crippen molar-refractivity contribution in [1.82, 2.24) is 0 Å². The molecule has 0 bridgehead atoms. The number of rotatable bonds is 15. The summed E-state index contributed by atoms with van der Waals surface area (Å²) < 4.78 is 26.7. The number of hydrogen-bond donors (Lipinski definition) is 0. The average molecular weight is 1110 g/mol. The van der Waals surface area contributed by atoms with Crippen molar-refractivity contribution in [2.45, 2.75) is 182 Å². The zero-order valence-corrected chi connectivity index (χ0v) is 51.5. The SMILES string of the molecule is CC(C)(C)C.CC(C)(C)C(=O)OCc1cc2ccccc2cc1[N+](=O)[O-].CC(C)(C)C(=O)OCc1cc2ccccc2cc1[N+](=O)[O-].CC(C)C.COc1cc(C(C)CC(C)(C)C)c([N+](=O)[O-])cc1OCCCC(=O)OC(C)(C)C. The lowest BCUT2D eigenvalue weighted by molar-refractivity contribution is -0.386. The van der Waals surface area contributed by atoms with Crippen LogP contribution in [0.4, 0.5) is 17.1 Å². The summed E-state index contributed by atoms with van der Waals surface area (Å²) in [6.07, 6.45) is 1.45. The van der Waals surface area contributed by atoms with Crippen molar-refractivity contribution in [3.8, 4) is 11.5 Å². The Labute approximate surface area is 474 Å². The first-order chi connectivity index (χ1) is 36.5. The molecule has 0 fully saturated rings. The number of carbonyl (C=O) groups is 3. The van der Waals surface area contributed by atoms with Gasteiger partial charge in [0.1, 0.15) is 18.8 Å². The van der Waals surface area contributed by atoms with Crippen LogP contribution in [-0.4, -0.2) is 52.0 Å². The van der Waals surface area contributed by atoms with Gasteiger partial charge in [-0.1, -0.05) is 125 Å². The van der Waals surface area contributed by atoms with Gasteiger partial charge in [0.05, 0.1) is 56.5 Å². The first-order valence-corrected chi connectivity index (χ1v) is 26.9. The van der Waals surface area contributed by atoms with E-state index in [2.05, 4.69) is 69.2 Å². The number of carbonyl (C=O) groups excluding carboxylic acids is 3. The summed E-state index contributed by atoms with van der Waals surface area (Å²) >= 11 is 0. The molecule has 0 spiro atoms. The third-order valence-corrected chi connectivity index (χ3v) is 10.4. The van der Waals surface area contributed by atoms with Gasteiger partial charge < -0.3 is 23.7 Å². The summed E-state index contributed by atoms with van der Waals surface area (Å²) in [5, 5.41) is 37.3. The van der Waals surface area contributed by atoms with Gasteiger partial charge in [0.15, 0.2) is 11.5 Å². The van der Waals surface area contributed by atoms with E-state index in [4.69, 9.17) is 23.7 Å². The minimum atomic E-state index is -0.633. The van der Waals surface area contributed by atoms with Crippen LogP contribution < -0.4 is 9.47 Å². The lowest BCUT2D eigenvalue weighted by Crippen LogP contribution is -2.24. The van der Waals surface area contributed by atoms with E-state index in [9.17, 15) is 44.7 Å². The Morgan fingerprint density at radius 2 is 0.900 bits per heavy atom. The Morgan fingerprint density at radius 1 is 0.537 bits per heavy atom. The molecule has 0 aromatic heterocycles. The van der Waals surface area contributed by atoms with Crippen molar-refractivity contribution < 1.29 is 52.8 Å². The number of nitrogens with zero attached hydrogens (tertiary/aromatic N) is 3. The molecule has 1 atom stereocenters. The second-order valence-electron chi connectivity index (χ2n) is 26.1. The summed E-state index contributed by atoms with van der Waals surface area (Å²) in [6, 6.07) is 24.3. The third-order valence-electron chi connectivity index (χ3n) is 10.4. The van der Waals surface area contributed by atoms with Gasteiger partial charge in [0.2, 0.25) is 0 Å². The zero-order chi connectivity index (χ0) is 61.7. The van der Waals surface area contributed by atoms with Crippen LogP contribution >= 0.6 is 0 Å². The topological polar surface area (TPSA) is 227 Å². The lowest BCUT2D eigenvalue weighted by Gasteiger charge is -2.24. The van der Waals surface area contributed by atoms with Crippen LogP contribution in [0.2, 0.25) is 0 Å². The molecule has 0 aliphatic heterocycles. The molecule has 1 unspecified atom stereocenters. The highest BCUT2D eigenvalue weighted by atomic mass is 16.6. The normalized spacial score (nSPS) is 11.9. The van der Waals surface area contributed by atoms with Crippen molar-refractivity contribution in [2.24, 2.45) is 27.6 Å². The van der Waals surface area contributed by atoms with Gasteiger partial charge >= 0.3 is 17.9 Å². The number of fused-ring (bicyclic) bond motifs is 2. The molecule has 17 heteroatoms. The second-order valence-corrected chi connectivity index (χ2v) is 26.1. The highest BCUT2D eigenvalue weighted by Crippen LogP contribution is 2.42. The van der Waals surface area contributed by atoms with Gasteiger partial charge in [-0.15, -0.1) is 0 Å². The molecule has 0 saturated heterocycles. The maximum Gasteiger partial charge on any atom is 0.311 e. The second kappa shape index (κ2) is 31.0. The molecule has 17 nitrogen and oxygen atoms in total. The first-order valence-electron chi connectivity index (χ1n) is 26.9. The van der Waals surface area contributed by atoms with Gasteiger partial charge in [0.25, 0.3) is 17.1 Å². The molecule has 5 aromatic rings. The minimum absolute atomic E-state index is 0.00878. The standard InChI is InChI=1S/C22H35NO6.2C16H17NO4.C5H12.C4H10/c1-15(14-21(2,3)4)16-12-18(27-8)19(13-17(16)23(25)26)28-11-9-10-20(24)29-22(5,6)7;2*1-16(2,3)15(18)21-10-13-8-11-6-4-5-7-12(11)9-14(13)17(19)20;1-5(2,3)4;1-4(2)3/h12-13,15H,9-11,14H2,1-8H3;2*4-9H,10H2,1-3H3;1-4H3;4H,1-3H3. The molecule has 0 amide bonds. The van der Waals surface area contributed by atoms with Gasteiger partial charge in [-0.3, -0.25) is 44.7 Å². The van der Waals surface area contributed by atoms with Crippen LogP contribution in [0.3, 0.4) is 0 Å². The fourth-order valence-electron chi connectivity index (χ4n) is 7.05. The van der Waals surface area contributed by atoms with E-state index in [1.165, 1.54) is 25.3 Å². The fourth-order valence-corrected chi connectivity index (χ4v) is 7.05. The van der Waals surface area contributed by atoms with E-state index in [1.54, 1.807) is 59.7 Å². The molecular weight excluding hydrogens is 1020 g/mol. The van der Waals surface area contributed by atoms with Gasteiger partial charge in [-0.2, -0.15) is 0 Å². The van der Waals surface area contributed by atoms with E-state index in [0.717, 1.165) is 33.9 Å². The van der Waals surface area contributed by atoms with Crippen molar-refractivity contribution in [3.63, 3.8) is 0 Å². The molecule has 5 aromatic carbocycles. The Bertz CT molecular complexity index is 2730. The molecule has 0 N–H and O–H groups in total. The van der Waals surface area contributed by atoms with Crippen LogP contribution in [-0.2, 0) is 41.8 Å². The number of hydrogen-bond acceptors (Lipinski definition) is 14. The van der Waals surface area contributed by atoms with Gasteiger partial charge in [0, 0.05) is 24.1 Å². The van der Waals surface area contributed by atoms with E-state index in [1.807, 2.05) is 76.2 Å². The zero-order valence-electron chi connectivity index (χ0n) is 51.5. The maximum atomic E-state index is 11.8. The smallest absolute Gasteiger partial charge is 0.311 e. The van der Waals surface area contributed by atoms with Crippen LogP contribution in [0.1, 0.15) is 180 Å². The molecule has 0 saturated carbocycles. The molecule has 0 aliphatic rings. The lowest BCUT2D eigenvalue weighted by atomic mass is 9.82. The molecule has 442 valence electrons. The van der Waals surface area contributed by atoms with Crippen LogP contribution in [0.5, 0.6) is 11.5 Å². The first kappa shape index (κ1) is 70.8. The molecule has 0 aliphatic carbocycles. The summed E-state index contributed by atoms with van der Waals surface area (Å²) in [6.45, 7) is 39.5. The van der Waals surface area contributed by atoms with Crippen LogP contribution in [0.25, 0.3) is 21.5 Å². The van der Waals surface area contributed by atoms with E-state index < -0.39 is 26.3 Å². The number of benzene rings is 5. The number of nitro groups is 3. The Morgan fingerprint density at radius 3 is 1.21 bits per heavy atom. The summed E-state index contributed by atoms with van der Waals surface area (Å²) in [5.41, 5.74) is 0.127. The maximum absolute atomic E-state index is 11.8. The van der Waals surface area contributed by atoms with Gasteiger partial charge in [-0.05, 0) is 138 Å². The predicted molar refractivity (Wildman–Crippen MR) is 318 cm³/mol. The number of nitro benzene ring substituents is 3.